The smallest absolute Gasteiger partial charge is 0.321 e. The molecule has 136 valence electrons. The Morgan fingerprint density at radius 1 is 0.808 bits per heavy atom. The molecule has 3 rings (SSSR count). The van der Waals surface area contributed by atoms with Crippen molar-refractivity contribution >= 4 is 29.0 Å². The number of anilines is 3. The molecule has 6 heteroatoms. The zero-order chi connectivity index (χ0) is 18.4. The minimum Gasteiger partial charge on any atom is -0.398 e. The number of hydrogen-bond acceptors (Lipinski definition) is 3. The Hall–Kier alpha value is -3.02. The predicted molar refractivity (Wildman–Crippen MR) is 104 cm³/mol. The van der Waals surface area contributed by atoms with Gasteiger partial charge >= 0.3 is 6.03 Å². The van der Waals surface area contributed by atoms with Gasteiger partial charge < -0.3 is 21.3 Å². The van der Waals surface area contributed by atoms with Gasteiger partial charge in [-0.3, -0.25) is 4.79 Å². The van der Waals surface area contributed by atoms with Crippen LogP contribution >= 0.6 is 0 Å². The topological polar surface area (TPSA) is 87.5 Å². The van der Waals surface area contributed by atoms with Gasteiger partial charge in [0.1, 0.15) is 0 Å². The van der Waals surface area contributed by atoms with Gasteiger partial charge in [-0.25, -0.2) is 4.79 Å². The van der Waals surface area contributed by atoms with Crippen molar-refractivity contribution in [1.29, 1.82) is 0 Å². The van der Waals surface area contributed by atoms with Gasteiger partial charge in [0.15, 0.2) is 0 Å². The van der Waals surface area contributed by atoms with Gasteiger partial charge in [0.05, 0.1) is 5.56 Å². The van der Waals surface area contributed by atoms with Gasteiger partial charge in [-0.1, -0.05) is 25.0 Å². The first-order chi connectivity index (χ1) is 12.6. The van der Waals surface area contributed by atoms with Gasteiger partial charge in [0.2, 0.25) is 0 Å². The molecule has 0 bridgehead atoms. The van der Waals surface area contributed by atoms with E-state index >= 15 is 0 Å². The van der Waals surface area contributed by atoms with E-state index in [4.69, 9.17) is 5.73 Å². The van der Waals surface area contributed by atoms with Crippen molar-refractivity contribution < 1.29 is 9.59 Å². The lowest BCUT2D eigenvalue weighted by Crippen LogP contribution is -2.35. The number of benzene rings is 2. The van der Waals surface area contributed by atoms with Crippen molar-refractivity contribution in [3.63, 3.8) is 0 Å². The maximum Gasteiger partial charge on any atom is 0.321 e. The summed E-state index contributed by atoms with van der Waals surface area (Å²) in [4.78, 5) is 26.5. The number of nitrogens with zero attached hydrogens (tertiary/aromatic N) is 1. The molecule has 0 aliphatic carbocycles. The van der Waals surface area contributed by atoms with E-state index in [0.717, 1.165) is 25.9 Å². The lowest BCUT2D eigenvalue weighted by Gasteiger charge is -2.20. The molecular weight excluding hydrogens is 328 g/mol. The van der Waals surface area contributed by atoms with E-state index in [0.29, 0.717) is 22.6 Å². The quantitative estimate of drug-likeness (QED) is 0.731. The summed E-state index contributed by atoms with van der Waals surface area (Å²) < 4.78 is 0. The monoisotopic (exact) mass is 352 g/mol. The SMILES string of the molecule is Nc1ccccc1C(=O)Nc1ccc(NC(=O)N2CCCCCC2)cc1. The Balaban J connectivity index is 1.59. The number of rotatable bonds is 3. The van der Waals surface area contributed by atoms with Crippen molar-refractivity contribution in [2.24, 2.45) is 0 Å². The summed E-state index contributed by atoms with van der Waals surface area (Å²) in [5.74, 6) is -0.260. The summed E-state index contributed by atoms with van der Waals surface area (Å²) in [7, 11) is 0. The summed E-state index contributed by atoms with van der Waals surface area (Å²) in [6, 6.07) is 13.9. The number of urea groups is 1. The number of nitrogens with two attached hydrogens (primary N) is 1. The average Bonchev–Trinajstić information content (AvgIpc) is 2.93. The molecule has 2 aromatic carbocycles. The number of nitrogen functional groups attached to an aromatic ring is 1. The van der Waals surface area contributed by atoms with Crippen molar-refractivity contribution in [2.45, 2.75) is 25.7 Å². The maximum absolute atomic E-state index is 12.3. The molecule has 0 radical (unpaired) electrons. The third kappa shape index (κ3) is 4.53. The fourth-order valence-electron chi connectivity index (χ4n) is 3.02. The van der Waals surface area contributed by atoms with Crippen LogP contribution in [-0.2, 0) is 0 Å². The molecule has 0 unspecified atom stereocenters. The highest BCUT2D eigenvalue weighted by molar-refractivity contribution is 6.07. The Kier molecular flexibility index (Phi) is 5.73. The first kappa shape index (κ1) is 17.8. The summed E-state index contributed by atoms with van der Waals surface area (Å²) in [6.45, 7) is 1.61. The molecule has 1 heterocycles. The van der Waals surface area contributed by atoms with Crippen LogP contribution in [-0.4, -0.2) is 29.9 Å². The molecular formula is C20H24N4O2. The van der Waals surface area contributed by atoms with Crippen molar-refractivity contribution in [2.75, 3.05) is 29.5 Å². The molecule has 3 amide bonds. The lowest BCUT2D eigenvalue weighted by molar-refractivity contribution is 0.102. The molecule has 26 heavy (non-hydrogen) atoms. The molecule has 4 N–H and O–H groups in total. The van der Waals surface area contributed by atoms with E-state index in [1.165, 1.54) is 12.8 Å². The van der Waals surface area contributed by atoms with Crippen LogP contribution in [0.15, 0.2) is 48.5 Å². The number of para-hydroxylation sites is 1. The van der Waals surface area contributed by atoms with Crippen LogP contribution in [0.1, 0.15) is 36.0 Å². The highest BCUT2D eigenvalue weighted by Gasteiger charge is 2.15. The number of amides is 3. The van der Waals surface area contributed by atoms with Crippen LogP contribution in [0.3, 0.4) is 0 Å². The van der Waals surface area contributed by atoms with Crippen molar-refractivity contribution in [3.05, 3.63) is 54.1 Å². The third-order valence-corrected chi connectivity index (χ3v) is 4.49. The predicted octanol–water partition coefficient (Wildman–Crippen LogP) is 3.93. The minimum atomic E-state index is -0.260. The Morgan fingerprint density at radius 3 is 2.00 bits per heavy atom. The van der Waals surface area contributed by atoms with Gasteiger partial charge in [-0.2, -0.15) is 0 Å². The van der Waals surface area contributed by atoms with Gasteiger partial charge in [0.25, 0.3) is 5.91 Å². The van der Waals surface area contributed by atoms with E-state index in [1.807, 2.05) is 4.90 Å². The van der Waals surface area contributed by atoms with Crippen molar-refractivity contribution in [1.82, 2.24) is 4.90 Å². The Bertz CT molecular complexity index is 766. The molecule has 1 aliphatic rings. The molecule has 6 nitrogen and oxygen atoms in total. The molecule has 0 atom stereocenters. The van der Waals surface area contributed by atoms with Gasteiger partial charge in [0, 0.05) is 30.2 Å². The molecule has 1 fully saturated rings. The van der Waals surface area contributed by atoms with Crippen LogP contribution in [0.4, 0.5) is 21.9 Å². The second-order valence-corrected chi connectivity index (χ2v) is 6.45. The number of likely N-dealkylation sites (tertiary alicyclic amines) is 1. The van der Waals surface area contributed by atoms with Crippen molar-refractivity contribution in [3.8, 4) is 0 Å². The standard InChI is InChI=1S/C20H24N4O2/c21-18-8-4-3-7-17(18)19(25)22-15-9-11-16(12-10-15)23-20(26)24-13-5-1-2-6-14-24/h3-4,7-12H,1-2,5-6,13-14,21H2,(H,22,25)(H,23,26). The van der Waals surface area contributed by atoms with E-state index in [2.05, 4.69) is 10.6 Å². The first-order valence-electron chi connectivity index (χ1n) is 8.95. The molecule has 0 aromatic heterocycles. The highest BCUT2D eigenvalue weighted by atomic mass is 16.2. The zero-order valence-electron chi connectivity index (χ0n) is 14.7. The number of carbonyl (C=O) groups is 2. The first-order valence-corrected chi connectivity index (χ1v) is 8.95. The summed E-state index contributed by atoms with van der Waals surface area (Å²) >= 11 is 0. The summed E-state index contributed by atoms with van der Waals surface area (Å²) in [5, 5.41) is 5.72. The van der Waals surface area contributed by atoms with E-state index in [-0.39, 0.29) is 11.9 Å². The number of carbonyl (C=O) groups excluding carboxylic acids is 2. The van der Waals surface area contributed by atoms with Crippen LogP contribution in [0.25, 0.3) is 0 Å². The zero-order valence-corrected chi connectivity index (χ0v) is 14.7. The molecule has 2 aromatic rings. The molecule has 0 spiro atoms. The fourth-order valence-corrected chi connectivity index (χ4v) is 3.02. The van der Waals surface area contributed by atoms with E-state index in [9.17, 15) is 9.59 Å². The van der Waals surface area contributed by atoms with E-state index < -0.39 is 0 Å². The van der Waals surface area contributed by atoms with Crippen LogP contribution in [0.5, 0.6) is 0 Å². The molecule has 1 saturated heterocycles. The third-order valence-electron chi connectivity index (χ3n) is 4.49. The van der Waals surface area contributed by atoms with Crippen LogP contribution in [0, 0.1) is 0 Å². The normalized spacial score (nSPS) is 14.4. The largest absolute Gasteiger partial charge is 0.398 e. The second kappa shape index (κ2) is 8.38. The van der Waals surface area contributed by atoms with Crippen LogP contribution in [0.2, 0.25) is 0 Å². The Morgan fingerprint density at radius 2 is 1.38 bits per heavy atom. The fraction of sp³-hybridized carbons (Fsp3) is 0.300. The Labute approximate surface area is 153 Å². The van der Waals surface area contributed by atoms with Gasteiger partial charge in [-0.05, 0) is 49.2 Å². The molecule has 0 saturated carbocycles. The number of hydrogen-bond donors (Lipinski definition) is 3. The maximum atomic E-state index is 12.3. The second-order valence-electron chi connectivity index (χ2n) is 6.45. The van der Waals surface area contributed by atoms with E-state index in [1.54, 1.807) is 48.5 Å². The summed E-state index contributed by atoms with van der Waals surface area (Å²) in [6.07, 6.45) is 4.48. The minimum absolute atomic E-state index is 0.0688. The lowest BCUT2D eigenvalue weighted by atomic mass is 10.1. The molecule has 1 aliphatic heterocycles. The summed E-state index contributed by atoms with van der Waals surface area (Å²) in [5.41, 5.74) is 8.05. The highest BCUT2D eigenvalue weighted by Crippen LogP contribution is 2.18. The van der Waals surface area contributed by atoms with Crippen LogP contribution < -0.4 is 16.4 Å². The van der Waals surface area contributed by atoms with Gasteiger partial charge in [-0.15, -0.1) is 0 Å². The average molecular weight is 352 g/mol. The number of nitrogens with one attached hydrogen (secondary N) is 2.